The lowest BCUT2D eigenvalue weighted by Crippen LogP contribution is -2.23. The van der Waals surface area contributed by atoms with Crippen LogP contribution >= 0.6 is 11.6 Å². The molecule has 1 N–H and O–H groups in total. The maximum atomic E-state index is 11.1. The third kappa shape index (κ3) is 7.36. The smallest absolute Gasteiger partial charge is 0.344 e. The number of hydrogen-bond acceptors (Lipinski definition) is 5. The van der Waals surface area contributed by atoms with Gasteiger partial charge in [-0.25, -0.2) is 9.78 Å². The molecule has 1 atom stereocenters. The van der Waals surface area contributed by atoms with E-state index in [0.29, 0.717) is 34.4 Å². The summed E-state index contributed by atoms with van der Waals surface area (Å²) in [5, 5.41) is 9.45. The molecule has 0 saturated carbocycles. The van der Waals surface area contributed by atoms with Crippen LogP contribution in [0, 0.1) is 0 Å². The van der Waals surface area contributed by atoms with Gasteiger partial charge in [0.15, 0.2) is 6.10 Å². The van der Waals surface area contributed by atoms with Crippen LogP contribution in [0.25, 0.3) is 6.08 Å². The number of aliphatic carboxylic acids is 1. The van der Waals surface area contributed by atoms with E-state index in [1.54, 1.807) is 30.3 Å². The second kappa shape index (κ2) is 12.6. The molecule has 0 saturated heterocycles. The number of allylic oxidation sites excluding steroid dienone is 2. The molecule has 182 valence electrons. The summed E-state index contributed by atoms with van der Waals surface area (Å²) < 4.78 is 17.3. The largest absolute Gasteiger partial charge is 0.489 e. The van der Waals surface area contributed by atoms with Crippen LogP contribution in [-0.2, 0) is 24.4 Å². The van der Waals surface area contributed by atoms with E-state index >= 15 is 0 Å². The normalized spacial score (nSPS) is 11.7. The molecule has 0 aliphatic carbocycles. The Morgan fingerprint density at radius 3 is 2.37 bits per heavy atom. The van der Waals surface area contributed by atoms with E-state index in [1.807, 2.05) is 49.4 Å². The van der Waals surface area contributed by atoms with Crippen LogP contribution in [0.5, 0.6) is 17.2 Å². The predicted octanol–water partition coefficient (Wildman–Crippen LogP) is 6.51. The lowest BCUT2D eigenvalue weighted by Gasteiger charge is -2.16. The summed E-state index contributed by atoms with van der Waals surface area (Å²) in [6, 6.07) is 16.4. The van der Waals surface area contributed by atoms with Gasteiger partial charge in [-0.15, -0.1) is 6.58 Å². The van der Waals surface area contributed by atoms with Crippen LogP contribution in [0.2, 0.25) is 5.02 Å². The quantitative estimate of drug-likeness (QED) is 0.290. The highest BCUT2D eigenvalue weighted by molar-refractivity contribution is 6.32. The molecular weight excluding hydrogens is 466 g/mol. The van der Waals surface area contributed by atoms with Crippen LogP contribution < -0.4 is 14.2 Å². The van der Waals surface area contributed by atoms with Crippen molar-refractivity contribution in [1.82, 2.24) is 4.98 Å². The van der Waals surface area contributed by atoms with Crippen molar-refractivity contribution in [2.45, 2.75) is 39.6 Å². The molecule has 0 radical (unpaired) electrons. The number of para-hydroxylation sites is 1. The molecule has 1 unspecified atom stereocenters. The fourth-order valence-electron chi connectivity index (χ4n) is 3.23. The molecule has 0 aliphatic heterocycles. The number of halogens is 1. The molecule has 0 amide bonds. The molecule has 35 heavy (non-hydrogen) atoms. The number of carboxylic acid groups (broad SMARTS) is 1. The molecular formula is C28H28ClNO5. The van der Waals surface area contributed by atoms with E-state index in [4.69, 9.17) is 30.9 Å². The summed E-state index contributed by atoms with van der Waals surface area (Å²) >= 11 is 6.21. The summed E-state index contributed by atoms with van der Waals surface area (Å²) in [5.74, 6) is 0.530. The molecule has 2 aromatic carbocycles. The van der Waals surface area contributed by atoms with Gasteiger partial charge in [0.05, 0.1) is 16.4 Å². The number of hydrogen-bond donors (Lipinski definition) is 1. The van der Waals surface area contributed by atoms with Gasteiger partial charge in [-0.2, -0.15) is 0 Å². The van der Waals surface area contributed by atoms with E-state index in [1.165, 1.54) is 6.92 Å². The van der Waals surface area contributed by atoms with Gasteiger partial charge in [0.1, 0.15) is 30.5 Å². The maximum Gasteiger partial charge on any atom is 0.344 e. The minimum atomic E-state index is -1.08. The molecule has 0 aliphatic rings. The third-order valence-electron chi connectivity index (χ3n) is 5.05. The number of rotatable bonds is 12. The Morgan fingerprint density at radius 2 is 1.74 bits per heavy atom. The molecule has 0 fully saturated rings. The fourth-order valence-corrected chi connectivity index (χ4v) is 3.47. The van der Waals surface area contributed by atoms with Crippen molar-refractivity contribution in [3.63, 3.8) is 0 Å². The van der Waals surface area contributed by atoms with Crippen molar-refractivity contribution in [2.24, 2.45) is 0 Å². The minimum Gasteiger partial charge on any atom is -0.489 e. The second-order valence-electron chi connectivity index (χ2n) is 7.71. The van der Waals surface area contributed by atoms with Gasteiger partial charge in [-0.1, -0.05) is 42.0 Å². The molecule has 3 rings (SSSR count). The Morgan fingerprint density at radius 1 is 1.06 bits per heavy atom. The number of carboxylic acids is 1. The average molecular weight is 494 g/mol. The van der Waals surface area contributed by atoms with Gasteiger partial charge < -0.3 is 19.3 Å². The summed E-state index contributed by atoms with van der Waals surface area (Å²) in [6.45, 7) is 7.71. The predicted molar refractivity (Wildman–Crippen MR) is 137 cm³/mol. The van der Waals surface area contributed by atoms with Crippen LogP contribution in [0.4, 0.5) is 0 Å². The maximum absolute atomic E-state index is 11.1. The van der Waals surface area contributed by atoms with Gasteiger partial charge in [0.2, 0.25) is 0 Å². The Labute approximate surface area is 210 Å². The zero-order valence-electron chi connectivity index (χ0n) is 19.7. The first-order valence-electron chi connectivity index (χ1n) is 11.2. The molecule has 6 nitrogen and oxygen atoms in total. The van der Waals surface area contributed by atoms with Crippen LogP contribution in [0.1, 0.15) is 36.4 Å². The van der Waals surface area contributed by atoms with E-state index in [-0.39, 0.29) is 6.61 Å². The number of pyridine rings is 1. The fraction of sp³-hybridized carbons (Fsp3) is 0.214. The van der Waals surface area contributed by atoms with Crippen LogP contribution in [0.3, 0.4) is 0 Å². The number of carbonyl (C=O) groups is 1. The van der Waals surface area contributed by atoms with Crippen LogP contribution in [0.15, 0.2) is 73.3 Å². The van der Waals surface area contributed by atoms with E-state index in [2.05, 4.69) is 11.6 Å². The zero-order valence-corrected chi connectivity index (χ0v) is 20.5. The standard InChI is InChI=1S/C28H28ClNO5/c1-4-7-20-11-12-22(30-26(20)8-5-2)18-34-24-15-13-23(14-16-24)33-17-21-9-6-10-25(29)27(21)35-19(3)28(31)32/h4-6,8-16,19H,1,7,17-18H2,2-3H3,(H,31,32)/b8-5-. The van der Waals surface area contributed by atoms with Gasteiger partial charge in [0, 0.05) is 5.56 Å². The van der Waals surface area contributed by atoms with Crippen molar-refractivity contribution in [3.05, 3.63) is 101 Å². The Bertz CT molecular complexity index is 1190. The molecule has 1 aromatic heterocycles. The first-order valence-corrected chi connectivity index (χ1v) is 11.5. The van der Waals surface area contributed by atoms with Gasteiger partial charge in [0.25, 0.3) is 0 Å². The van der Waals surface area contributed by atoms with Gasteiger partial charge >= 0.3 is 5.97 Å². The minimum absolute atomic E-state index is 0.164. The summed E-state index contributed by atoms with van der Waals surface area (Å²) in [5.41, 5.74) is 3.51. The van der Waals surface area contributed by atoms with Crippen molar-refractivity contribution in [3.8, 4) is 17.2 Å². The Hall–Kier alpha value is -3.77. The monoisotopic (exact) mass is 493 g/mol. The van der Waals surface area contributed by atoms with Crippen molar-refractivity contribution in [2.75, 3.05) is 0 Å². The lowest BCUT2D eigenvalue weighted by atomic mass is 10.1. The van der Waals surface area contributed by atoms with E-state index < -0.39 is 12.1 Å². The summed E-state index contributed by atoms with van der Waals surface area (Å²) in [7, 11) is 0. The Balaban J connectivity index is 1.61. The summed E-state index contributed by atoms with van der Waals surface area (Å²) in [4.78, 5) is 15.8. The van der Waals surface area contributed by atoms with Crippen LogP contribution in [-0.4, -0.2) is 22.2 Å². The topological polar surface area (TPSA) is 77.9 Å². The molecule has 7 heteroatoms. The molecule has 0 spiro atoms. The van der Waals surface area contributed by atoms with E-state index in [0.717, 1.165) is 23.4 Å². The number of nitrogens with zero attached hydrogens (tertiary/aromatic N) is 1. The zero-order chi connectivity index (χ0) is 25.2. The third-order valence-corrected chi connectivity index (χ3v) is 5.35. The number of ether oxygens (including phenoxy) is 3. The number of benzene rings is 2. The van der Waals surface area contributed by atoms with Crippen molar-refractivity contribution < 1.29 is 24.1 Å². The molecule has 3 aromatic rings. The Kier molecular flexibility index (Phi) is 9.32. The second-order valence-corrected chi connectivity index (χ2v) is 8.12. The summed E-state index contributed by atoms with van der Waals surface area (Å²) in [6.07, 6.45) is 5.53. The first kappa shape index (κ1) is 25.8. The number of aromatic nitrogens is 1. The van der Waals surface area contributed by atoms with Crippen molar-refractivity contribution >= 4 is 23.6 Å². The van der Waals surface area contributed by atoms with Crippen molar-refractivity contribution in [1.29, 1.82) is 0 Å². The first-order chi connectivity index (χ1) is 16.9. The van der Waals surface area contributed by atoms with Gasteiger partial charge in [-0.3, -0.25) is 0 Å². The highest BCUT2D eigenvalue weighted by atomic mass is 35.5. The van der Waals surface area contributed by atoms with Gasteiger partial charge in [-0.05, 0) is 68.3 Å². The molecule has 1 heterocycles. The SMILES string of the molecule is C=CCc1ccc(COc2ccc(OCc3cccc(Cl)c3OC(C)C(=O)O)cc2)nc1/C=C\C. The van der Waals surface area contributed by atoms with E-state index in [9.17, 15) is 4.79 Å². The highest BCUT2D eigenvalue weighted by Crippen LogP contribution is 2.31. The average Bonchev–Trinajstić information content (AvgIpc) is 2.85. The highest BCUT2D eigenvalue weighted by Gasteiger charge is 2.17. The lowest BCUT2D eigenvalue weighted by molar-refractivity contribution is -0.144. The molecule has 0 bridgehead atoms.